The second-order valence-corrected chi connectivity index (χ2v) is 4.07. The second-order valence-electron chi connectivity index (χ2n) is 4.07. The predicted octanol–water partition coefficient (Wildman–Crippen LogP) is -0.171. The molecule has 0 aromatic carbocycles. The highest BCUT2D eigenvalue weighted by Crippen LogP contribution is 1.99. The van der Waals surface area contributed by atoms with E-state index in [-0.39, 0.29) is 52.3 Å². The summed E-state index contributed by atoms with van der Waals surface area (Å²) in [5.41, 5.74) is 0. The van der Waals surface area contributed by atoms with Crippen LogP contribution in [-0.2, 0) is 28.6 Å². The van der Waals surface area contributed by atoms with Crippen LogP contribution in [0, 0.1) is 0 Å². The molecule has 0 aromatic heterocycles. The maximum Gasteiger partial charge on any atom is 0.305 e. The van der Waals surface area contributed by atoms with Crippen LogP contribution in [0.25, 0.3) is 0 Å². The number of carboxylic acid groups (broad SMARTS) is 3. The number of aliphatic carboxylic acids is 3. The summed E-state index contributed by atoms with van der Waals surface area (Å²) in [4.78, 5) is 31.0. The molecule has 0 bridgehead atoms. The standard InChI is InChI=1S/C12H20O9/c13-10(14)1-4-19-7-9(21-6-3-12(17)18)8-20-5-2-11(15)16/h9H,1-8H2,(H,13,14)(H,15,16)(H,17,18). The fraction of sp³-hybridized carbons (Fsp3) is 0.750. The van der Waals surface area contributed by atoms with Gasteiger partial charge in [0.1, 0.15) is 6.10 Å². The van der Waals surface area contributed by atoms with E-state index in [1.165, 1.54) is 0 Å². The summed E-state index contributed by atoms with van der Waals surface area (Å²) in [6.45, 7) is 0.0526. The number of rotatable bonds is 14. The van der Waals surface area contributed by atoms with E-state index in [0.717, 1.165) is 0 Å². The molecule has 0 heterocycles. The van der Waals surface area contributed by atoms with Gasteiger partial charge in [0.05, 0.1) is 52.3 Å². The van der Waals surface area contributed by atoms with Crippen LogP contribution in [0.2, 0.25) is 0 Å². The van der Waals surface area contributed by atoms with Crippen molar-refractivity contribution >= 4 is 17.9 Å². The van der Waals surface area contributed by atoms with Crippen LogP contribution >= 0.6 is 0 Å². The van der Waals surface area contributed by atoms with E-state index in [1.54, 1.807) is 0 Å². The molecule has 0 amide bonds. The molecule has 0 atom stereocenters. The molecular formula is C12H20O9. The van der Waals surface area contributed by atoms with Gasteiger partial charge in [-0.15, -0.1) is 0 Å². The van der Waals surface area contributed by atoms with Gasteiger partial charge in [0.25, 0.3) is 0 Å². The molecule has 0 fully saturated rings. The van der Waals surface area contributed by atoms with Crippen LogP contribution in [0.1, 0.15) is 19.3 Å². The van der Waals surface area contributed by atoms with E-state index < -0.39 is 24.0 Å². The molecule has 0 radical (unpaired) electrons. The Morgan fingerprint density at radius 1 is 0.714 bits per heavy atom. The van der Waals surface area contributed by atoms with Gasteiger partial charge in [-0.1, -0.05) is 0 Å². The van der Waals surface area contributed by atoms with Crippen molar-refractivity contribution in [1.82, 2.24) is 0 Å². The molecule has 0 aromatic rings. The summed E-state index contributed by atoms with van der Waals surface area (Å²) in [5, 5.41) is 25.4. The molecule has 122 valence electrons. The first kappa shape index (κ1) is 19.3. The number of ether oxygens (including phenoxy) is 3. The Kier molecular flexibility index (Phi) is 11.1. The van der Waals surface area contributed by atoms with Crippen molar-refractivity contribution in [2.75, 3.05) is 33.0 Å². The van der Waals surface area contributed by atoms with Gasteiger partial charge in [-0.2, -0.15) is 0 Å². The molecule has 0 aliphatic carbocycles. The van der Waals surface area contributed by atoms with Crippen LogP contribution < -0.4 is 0 Å². The van der Waals surface area contributed by atoms with Gasteiger partial charge in [-0.05, 0) is 0 Å². The Bertz CT molecular complexity index is 307. The first-order valence-electron chi connectivity index (χ1n) is 6.34. The lowest BCUT2D eigenvalue weighted by atomic mass is 10.3. The van der Waals surface area contributed by atoms with Crippen molar-refractivity contribution < 1.29 is 43.9 Å². The fourth-order valence-corrected chi connectivity index (χ4v) is 1.21. The predicted molar refractivity (Wildman–Crippen MR) is 68.1 cm³/mol. The molecular weight excluding hydrogens is 288 g/mol. The van der Waals surface area contributed by atoms with Gasteiger partial charge in [0.15, 0.2) is 0 Å². The third-order valence-electron chi connectivity index (χ3n) is 2.20. The molecule has 0 rings (SSSR count). The van der Waals surface area contributed by atoms with Crippen LogP contribution in [0.15, 0.2) is 0 Å². The zero-order chi connectivity index (χ0) is 16.1. The fourth-order valence-electron chi connectivity index (χ4n) is 1.21. The minimum atomic E-state index is -1.01. The Morgan fingerprint density at radius 3 is 1.48 bits per heavy atom. The molecule has 0 spiro atoms. The lowest BCUT2D eigenvalue weighted by molar-refractivity contribution is -0.142. The first-order chi connectivity index (χ1) is 9.91. The summed E-state index contributed by atoms with van der Waals surface area (Å²) in [6, 6.07) is 0. The van der Waals surface area contributed by atoms with E-state index in [2.05, 4.69) is 0 Å². The van der Waals surface area contributed by atoms with Gasteiger partial charge < -0.3 is 29.5 Å². The molecule has 21 heavy (non-hydrogen) atoms. The average Bonchev–Trinajstić information content (AvgIpc) is 2.37. The van der Waals surface area contributed by atoms with Crippen molar-refractivity contribution in [3.8, 4) is 0 Å². The lowest BCUT2D eigenvalue weighted by Gasteiger charge is -2.17. The van der Waals surface area contributed by atoms with Crippen LogP contribution in [0.3, 0.4) is 0 Å². The maximum atomic E-state index is 10.4. The van der Waals surface area contributed by atoms with Crippen molar-refractivity contribution in [1.29, 1.82) is 0 Å². The zero-order valence-electron chi connectivity index (χ0n) is 11.5. The third kappa shape index (κ3) is 14.5. The number of hydrogen-bond acceptors (Lipinski definition) is 6. The van der Waals surface area contributed by atoms with Crippen LogP contribution in [0.5, 0.6) is 0 Å². The molecule has 0 aliphatic rings. The number of carboxylic acids is 3. The quantitative estimate of drug-likeness (QED) is 0.373. The third-order valence-corrected chi connectivity index (χ3v) is 2.20. The molecule has 9 heteroatoms. The average molecular weight is 308 g/mol. The lowest BCUT2D eigenvalue weighted by Crippen LogP contribution is -2.27. The van der Waals surface area contributed by atoms with Crippen LogP contribution in [-0.4, -0.2) is 72.4 Å². The summed E-state index contributed by atoms with van der Waals surface area (Å²) in [5.74, 6) is -2.99. The molecule has 0 aliphatic heterocycles. The van der Waals surface area contributed by atoms with E-state index in [0.29, 0.717) is 0 Å². The largest absolute Gasteiger partial charge is 0.481 e. The van der Waals surface area contributed by atoms with Gasteiger partial charge in [-0.25, -0.2) is 0 Å². The SMILES string of the molecule is O=C(O)CCOCC(COCCC(=O)O)OCCC(=O)O. The highest BCUT2D eigenvalue weighted by Gasteiger charge is 2.12. The highest BCUT2D eigenvalue weighted by molar-refractivity contribution is 5.67. The second kappa shape index (κ2) is 12.1. The Balaban J connectivity index is 3.92. The number of carbonyl (C=O) groups is 3. The van der Waals surface area contributed by atoms with Crippen LogP contribution in [0.4, 0.5) is 0 Å². The van der Waals surface area contributed by atoms with Crippen molar-refractivity contribution in [3.63, 3.8) is 0 Å². The molecule has 0 unspecified atom stereocenters. The van der Waals surface area contributed by atoms with E-state index in [4.69, 9.17) is 29.5 Å². The van der Waals surface area contributed by atoms with Gasteiger partial charge >= 0.3 is 17.9 Å². The topological polar surface area (TPSA) is 140 Å². The van der Waals surface area contributed by atoms with Gasteiger partial charge in [0, 0.05) is 0 Å². The summed E-state index contributed by atoms with van der Waals surface area (Å²) < 4.78 is 15.4. The summed E-state index contributed by atoms with van der Waals surface area (Å²) >= 11 is 0. The Labute approximate surface area is 121 Å². The Hall–Kier alpha value is -1.71. The van der Waals surface area contributed by atoms with Crippen molar-refractivity contribution in [2.45, 2.75) is 25.4 Å². The minimum absolute atomic E-state index is 0.00322. The molecule has 9 nitrogen and oxygen atoms in total. The smallest absolute Gasteiger partial charge is 0.305 e. The van der Waals surface area contributed by atoms with Crippen molar-refractivity contribution in [2.24, 2.45) is 0 Å². The maximum absolute atomic E-state index is 10.4. The van der Waals surface area contributed by atoms with Gasteiger partial charge in [0.2, 0.25) is 0 Å². The highest BCUT2D eigenvalue weighted by atomic mass is 16.6. The summed E-state index contributed by atoms with van der Waals surface area (Å²) in [6.07, 6.45) is -1.06. The Morgan fingerprint density at radius 2 is 1.10 bits per heavy atom. The summed E-state index contributed by atoms with van der Waals surface area (Å²) in [7, 11) is 0. The monoisotopic (exact) mass is 308 g/mol. The van der Waals surface area contributed by atoms with E-state index >= 15 is 0 Å². The van der Waals surface area contributed by atoms with E-state index in [9.17, 15) is 14.4 Å². The molecule has 0 saturated heterocycles. The van der Waals surface area contributed by atoms with Gasteiger partial charge in [-0.3, -0.25) is 14.4 Å². The van der Waals surface area contributed by atoms with E-state index in [1.807, 2.05) is 0 Å². The van der Waals surface area contributed by atoms with Crippen molar-refractivity contribution in [3.05, 3.63) is 0 Å². The zero-order valence-corrected chi connectivity index (χ0v) is 11.5. The minimum Gasteiger partial charge on any atom is -0.481 e. The molecule has 0 saturated carbocycles. The first-order valence-corrected chi connectivity index (χ1v) is 6.34. The number of hydrogen-bond donors (Lipinski definition) is 3. The molecule has 3 N–H and O–H groups in total. The normalized spacial score (nSPS) is 10.7.